The van der Waals surface area contributed by atoms with Gasteiger partial charge >= 0.3 is 11.9 Å². The maximum atomic E-state index is 11.3. The molecule has 1 aromatic carbocycles. The normalized spacial score (nSPS) is 11.8. The van der Waals surface area contributed by atoms with Crippen molar-refractivity contribution in [2.75, 3.05) is 0 Å². The van der Waals surface area contributed by atoms with E-state index in [4.69, 9.17) is 21.7 Å². The standard InChI is InChI=1S/C14H12N2O6/c15-11(17)5-9(13(19)20)7-3-1-2-4-8(7)10(14(21)22)6-12(16)18/h1-6H,(H2,15,17)(H2,16,18)(H,19,20)(H,21,22). The molecule has 0 radical (unpaired) electrons. The lowest BCUT2D eigenvalue weighted by molar-refractivity contribution is -0.131. The van der Waals surface area contributed by atoms with E-state index in [9.17, 15) is 19.2 Å². The molecule has 0 aliphatic heterocycles. The van der Waals surface area contributed by atoms with Crippen LogP contribution >= 0.6 is 0 Å². The Morgan fingerprint density at radius 2 is 1.09 bits per heavy atom. The van der Waals surface area contributed by atoms with Gasteiger partial charge in [-0.25, -0.2) is 9.59 Å². The van der Waals surface area contributed by atoms with Crippen molar-refractivity contribution >= 4 is 34.9 Å². The predicted molar refractivity (Wildman–Crippen MR) is 76.1 cm³/mol. The summed E-state index contributed by atoms with van der Waals surface area (Å²) in [5.74, 6) is -4.98. The highest BCUT2D eigenvalue weighted by molar-refractivity contribution is 6.25. The van der Waals surface area contributed by atoms with Gasteiger partial charge in [-0.3, -0.25) is 9.59 Å². The molecule has 0 atom stereocenters. The van der Waals surface area contributed by atoms with E-state index in [1.54, 1.807) is 0 Å². The first-order valence-electron chi connectivity index (χ1n) is 5.82. The fourth-order valence-electron chi connectivity index (χ4n) is 1.75. The van der Waals surface area contributed by atoms with Gasteiger partial charge < -0.3 is 21.7 Å². The molecular weight excluding hydrogens is 292 g/mol. The molecule has 0 aliphatic carbocycles. The average Bonchev–Trinajstić information content (AvgIpc) is 2.41. The van der Waals surface area contributed by atoms with Gasteiger partial charge in [-0.2, -0.15) is 0 Å². The van der Waals surface area contributed by atoms with Crippen LogP contribution in [0.1, 0.15) is 11.1 Å². The molecular formula is C14H12N2O6. The third kappa shape index (κ3) is 4.04. The number of aliphatic carboxylic acids is 2. The zero-order valence-corrected chi connectivity index (χ0v) is 11.1. The molecule has 0 bridgehead atoms. The molecule has 0 saturated carbocycles. The summed E-state index contributed by atoms with van der Waals surface area (Å²) in [6, 6.07) is 5.46. The van der Waals surface area contributed by atoms with Gasteiger partial charge in [0.15, 0.2) is 0 Å². The third-order valence-corrected chi connectivity index (χ3v) is 2.54. The Morgan fingerprint density at radius 3 is 1.32 bits per heavy atom. The maximum Gasteiger partial charge on any atom is 0.336 e. The third-order valence-electron chi connectivity index (χ3n) is 2.54. The summed E-state index contributed by atoms with van der Waals surface area (Å²) in [5.41, 5.74) is 8.74. The molecule has 0 heterocycles. The monoisotopic (exact) mass is 304 g/mol. The van der Waals surface area contributed by atoms with E-state index in [0.717, 1.165) is 0 Å². The lowest BCUT2D eigenvalue weighted by Crippen LogP contribution is -2.14. The van der Waals surface area contributed by atoms with Gasteiger partial charge in [-0.05, 0) is 11.1 Å². The SMILES string of the molecule is NC(=O)C=C(C(=O)O)c1ccccc1C(=CC(N)=O)C(=O)O. The Morgan fingerprint density at radius 1 is 0.773 bits per heavy atom. The maximum absolute atomic E-state index is 11.3. The van der Waals surface area contributed by atoms with Crippen molar-refractivity contribution in [3.63, 3.8) is 0 Å². The first-order chi connectivity index (χ1) is 10.2. The second-order valence-corrected chi connectivity index (χ2v) is 4.08. The van der Waals surface area contributed by atoms with Crippen LogP contribution in [0.15, 0.2) is 36.4 Å². The first kappa shape index (κ1) is 16.6. The smallest absolute Gasteiger partial charge is 0.336 e. The molecule has 22 heavy (non-hydrogen) atoms. The van der Waals surface area contributed by atoms with Crippen molar-refractivity contribution in [3.05, 3.63) is 47.5 Å². The minimum absolute atomic E-state index is 0.0799. The van der Waals surface area contributed by atoms with Crippen LogP contribution < -0.4 is 11.5 Å². The number of hydrogen-bond acceptors (Lipinski definition) is 4. The number of carboxylic acids is 2. The summed E-state index contributed by atoms with van der Waals surface area (Å²) in [4.78, 5) is 44.5. The highest BCUT2D eigenvalue weighted by Gasteiger charge is 2.21. The molecule has 6 N–H and O–H groups in total. The zero-order chi connectivity index (χ0) is 16.9. The number of carbonyl (C=O) groups excluding carboxylic acids is 2. The summed E-state index contributed by atoms with van der Waals surface area (Å²) in [6.45, 7) is 0. The second kappa shape index (κ2) is 6.84. The number of amides is 2. The fourth-order valence-corrected chi connectivity index (χ4v) is 1.75. The van der Waals surface area contributed by atoms with Gasteiger partial charge in [0.2, 0.25) is 11.8 Å². The molecule has 0 fully saturated rings. The number of rotatable bonds is 6. The van der Waals surface area contributed by atoms with Crippen molar-refractivity contribution in [2.24, 2.45) is 11.5 Å². The van der Waals surface area contributed by atoms with E-state index in [-0.39, 0.29) is 11.1 Å². The zero-order valence-electron chi connectivity index (χ0n) is 11.1. The van der Waals surface area contributed by atoms with Crippen LogP contribution in [0, 0.1) is 0 Å². The molecule has 0 unspecified atom stereocenters. The van der Waals surface area contributed by atoms with Crippen molar-refractivity contribution < 1.29 is 29.4 Å². The van der Waals surface area contributed by atoms with E-state index in [0.29, 0.717) is 12.2 Å². The number of carboxylic acid groups (broad SMARTS) is 2. The molecule has 1 aromatic rings. The van der Waals surface area contributed by atoms with Crippen LogP contribution in [-0.2, 0) is 19.2 Å². The van der Waals surface area contributed by atoms with Gasteiger partial charge in [0, 0.05) is 12.2 Å². The fraction of sp³-hybridized carbons (Fsp3) is 0. The average molecular weight is 304 g/mol. The van der Waals surface area contributed by atoms with Crippen molar-refractivity contribution in [1.82, 2.24) is 0 Å². The largest absolute Gasteiger partial charge is 0.478 e. The second-order valence-electron chi connectivity index (χ2n) is 4.08. The van der Waals surface area contributed by atoms with Crippen molar-refractivity contribution in [3.8, 4) is 0 Å². The quantitative estimate of drug-likeness (QED) is 0.522. The molecule has 1 rings (SSSR count). The summed E-state index contributed by atoms with van der Waals surface area (Å²) >= 11 is 0. The Kier molecular flexibility index (Phi) is 5.17. The number of primary amides is 2. The van der Waals surface area contributed by atoms with Gasteiger partial charge in [-0.15, -0.1) is 0 Å². The van der Waals surface area contributed by atoms with Crippen molar-refractivity contribution in [2.45, 2.75) is 0 Å². The molecule has 8 nitrogen and oxygen atoms in total. The molecule has 2 amide bonds. The van der Waals surface area contributed by atoms with Crippen LogP contribution in [0.3, 0.4) is 0 Å². The summed E-state index contributed by atoms with van der Waals surface area (Å²) < 4.78 is 0. The number of benzene rings is 1. The first-order valence-corrected chi connectivity index (χ1v) is 5.82. The van der Waals surface area contributed by atoms with E-state index in [1.165, 1.54) is 24.3 Å². The van der Waals surface area contributed by atoms with E-state index in [2.05, 4.69) is 0 Å². The Hall–Kier alpha value is -3.42. The number of carbonyl (C=O) groups is 4. The summed E-state index contributed by atoms with van der Waals surface area (Å²) in [6.07, 6.45) is 1.32. The predicted octanol–water partition coefficient (Wildman–Crippen LogP) is -0.407. The minimum Gasteiger partial charge on any atom is -0.478 e. The minimum atomic E-state index is -1.48. The lowest BCUT2D eigenvalue weighted by Gasteiger charge is -2.10. The lowest BCUT2D eigenvalue weighted by atomic mass is 9.93. The Bertz CT molecular complexity index is 657. The van der Waals surface area contributed by atoms with Gasteiger partial charge in [-0.1, -0.05) is 24.3 Å². The van der Waals surface area contributed by atoms with Gasteiger partial charge in [0.1, 0.15) is 0 Å². The molecule has 0 aliphatic rings. The van der Waals surface area contributed by atoms with Crippen LogP contribution in [0.2, 0.25) is 0 Å². The molecule has 0 spiro atoms. The van der Waals surface area contributed by atoms with Gasteiger partial charge in [0.05, 0.1) is 11.1 Å². The molecule has 0 aromatic heterocycles. The molecule has 8 heteroatoms. The Labute approximate surface area is 124 Å². The number of nitrogens with two attached hydrogens (primary N) is 2. The summed E-state index contributed by atoms with van der Waals surface area (Å²) in [7, 11) is 0. The van der Waals surface area contributed by atoms with Crippen LogP contribution in [-0.4, -0.2) is 34.0 Å². The molecule has 114 valence electrons. The van der Waals surface area contributed by atoms with E-state index < -0.39 is 34.9 Å². The van der Waals surface area contributed by atoms with E-state index >= 15 is 0 Å². The van der Waals surface area contributed by atoms with Crippen molar-refractivity contribution in [1.29, 1.82) is 0 Å². The highest BCUT2D eigenvalue weighted by atomic mass is 16.4. The van der Waals surface area contributed by atoms with Gasteiger partial charge in [0.25, 0.3) is 0 Å². The number of hydrogen-bond donors (Lipinski definition) is 4. The summed E-state index contributed by atoms with van der Waals surface area (Å²) in [5, 5.41) is 18.3. The molecule has 0 saturated heterocycles. The van der Waals surface area contributed by atoms with Crippen LogP contribution in [0.4, 0.5) is 0 Å². The van der Waals surface area contributed by atoms with E-state index in [1.807, 2.05) is 0 Å². The highest BCUT2D eigenvalue weighted by Crippen LogP contribution is 2.26. The van der Waals surface area contributed by atoms with Crippen LogP contribution in [0.25, 0.3) is 11.1 Å². The van der Waals surface area contributed by atoms with Crippen LogP contribution in [0.5, 0.6) is 0 Å². The topological polar surface area (TPSA) is 161 Å². The Balaban J connectivity index is 3.66.